The quantitative estimate of drug-likeness (QED) is 0.851. The molecule has 0 unspecified atom stereocenters. The maximum atomic E-state index is 11.5. The van der Waals surface area contributed by atoms with E-state index in [4.69, 9.17) is 4.74 Å². The van der Waals surface area contributed by atoms with Gasteiger partial charge >= 0.3 is 6.09 Å². The largest absolute Gasteiger partial charge is 0.444 e. The van der Waals surface area contributed by atoms with Crippen LogP contribution in [-0.2, 0) is 18.3 Å². The summed E-state index contributed by atoms with van der Waals surface area (Å²) in [6.45, 7) is 5.73. The Labute approximate surface area is 115 Å². The van der Waals surface area contributed by atoms with Crippen LogP contribution in [0.5, 0.6) is 0 Å². The maximum absolute atomic E-state index is 11.5. The molecule has 5 nitrogen and oxygen atoms in total. The number of hydrogen-bond acceptors (Lipinski definition) is 3. The number of nitrogens with zero attached hydrogens (tertiary/aromatic N) is 2. The van der Waals surface area contributed by atoms with Gasteiger partial charge < -0.3 is 10.1 Å². The molecule has 1 aromatic heterocycles. The molecule has 0 aliphatic carbocycles. The second-order valence-electron chi connectivity index (χ2n) is 4.74. The lowest BCUT2D eigenvalue weighted by Crippen LogP contribution is -2.32. The van der Waals surface area contributed by atoms with Gasteiger partial charge in [-0.25, -0.2) is 4.79 Å². The number of amides is 1. The van der Waals surface area contributed by atoms with Gasteiger partial charge in [-0.1, -0.05) is 5.92 Å². The van der Waals surface area contributed by atoms with Gasteiger partial charge in [-0.2, -0.15) is 5.10 Å². The zero-order valence-corrected chi connectivity index (χ0v) is 12.5. The molecule has 1 aromatic rings. The Morgan fingerprint density at radius 1 is 1.61 bits per heavy atom. The molecule has 1 rings (SSSR count). The molecule has 0 atom stereocenters. The summed E-state index contributed by atoms with van der Waals surface area (Å²) >= 11 is 3.04. The molecule has 1 N–H and O–H groups in total. The van der Waals surface area contributed by atoms with E-state index in [1.807, 2.05) is 20.8 Å². The van der Waals surface area contributed by atoms with Crippen molar-refractivity contribution in [2.24, 2.45) is 7.05 Å². The van der Waals surface area contributed by atoms with Crippen LogP contribution >= 0.6 is 15.9 Å². The van der Waals surface area contributed by atoms with Crippen LogP contribution in [0.2, 0.25) is 0 Å². The van der Waals surface area contributed by atoms with Gasteiger partial charge in [0.05, 0.1) is 17.8 Å². The Morgan fingerprint density at radius 3 is 2.83 bits per heavy atom. The van der Waals surface area contributed by atoms with Crippen LogP contribution in [0, 0.1) is 10.8 Å². The van der Waals surface area contributed by atoms with Crippen molar-refractivity contribution in [2.75, 3.05) is 0 Å². The number of halogens is 1. The molecule has 1 amide bonds. The summed E-state index contributed by atoms with van der Waals surface area (Å²) in [5, 5.41) is 6.87. The summed E-state index contributed by atoms with van der Waals surface area (Å²) in [4.78, 5) is 14.1. The fourth-order valence-electron chi connectivity index (χ4n) is 1.29. The van der Waals surface area contributed by atoms with E-state index in [1.165, 1.54) is 0 Å². The number of rotatable bonds is 2. The Balaban J connectivity index is 2.63. The number of nitrogens with one attached hydrogen (secondary N) is 1. The smallest absolute Gasteiger partial charge is 0.407 e. The highest BCUT2D eigenvalue weighted by Gasteiger charge is 2.16. The van der Waals surface area contributed by atoms with Crippen LogP contribution in [0.4, 0.5) is 4.79 Å². The normalized spacial score (nSPS) is 10.5. The molecule has 6 heteroatoms. The molecular formula is C12H16BrN3O2. The summed E-state index contributed by atoms with van der Waals surface area (Å²) in [6, 6.07) is 0. The summed E-state index contributed by atoms with van der Waals surface area (Å²) in [5.74, 6) is 2.86. The molecule has 0 saturated carbocycles. The van der Waals surface area contributed by atoms with Gasteiger partial charge in [0.15, 0.2) is 0 Å². The SMILES string of the molecule is Cn1cc(C#CBr)c(CNC(=O)OC(C)(C)C)n1. The van der Waals surface area contributed by atoms with Crippen LogP contribution in [0.3, 0.4) is 0 Å². The first-order valence-electron chi connectivity index (χ1n) is 5.43. The van der Waals surface area contributed by atoms with Crippen LogP contribution < -0.4 is 5.32 Å². The lowest BCUT2D eigenvalue weighted by molar-refractivity contribution is 0.0523. The van der Waals surface area contributed by atoms with Gasteiger partial charge in [0.2, 0.25) is 0 Å². The van der Waals surface area contributed by atoms with Crippen molar-refractivity contribution in [3.05, 3.63) is 17.5 Å². The summed E-state index contributed by atoms with van der Waals surface area (Å²) < 4.78 is 6.79. The van der Waals surface area contributed by atoms with E-state index >= 15 is 0 Å². The van der Waals surface area contributed by atoms with Crippen molar-refractivity contribution >= 4 is 22.0 Å². The second kappa shape index (κ2) is 5.91. The average Bonchev–Trinajstić information content (AvgIpc) is 2.54. The predicted octanol–water partition coefficient (Wildman–Crippen LogP) is 2.15. The second-order valence-corrected chi connectivity index (χ2v) is 5.13. The predicted molar refractivity (Wildman–Crippen MR) is 72.1 cm³/mol. The van der Waals surface area contributed by atoms with E-state index in [0.717, 1.165) is 5.56 Å². The van der Waals surface area contributed by atoms with Gasteiger partial charge in [-0.3, -0.25) is 4.68 Å². The number of alkyl carbamates (subject to hydrolysis) is 1. The fourth-order valence-corrected chi connectivity index (χ4v) is 1.50. The zero-order chi connectivity index (χ0) is 13.8. The highest BCUT2D eigenvalue weighted by Crippen LogP contribution is 2.08. The van der Waals surface area contributed by atoms with E-state index in [9.17, 15) is 4.79 Å². The number of ether oxygens (including phenoxy) is 1. The molecule has 0 saturated heterocycles. The van der Waals surface area contributed by atoms with E-state index in [2.05, 4.69) is 37.1 Å². The Morgan fingerprint density at radius 2 is 2.28 bits per heavy atom. The molecule has 18 heavy (non-hydrogen) atoms. The van der Waals surface area contributed by atoms with Crippen molar-refractivity contribution in [1.29, 1.82) is 0 Å². The lowest BCUT2D eigenvalue weighted by Gasteiger charge is -2.19. The highest BCUT2D eigenvalue weighted by atomic mass is 79.9. The van der Waals surface area contributed by atoms with Crippen LogP contribution in [0.1, 0.15) is 32.0 Å². The van der Waals surface area contributed by atoms with Gasteiger partial charge in [-0.05, 0) is 25.6 Å². The average molecular weight is 314 g/mol. The summed E-state index contributed by atoms with van der Waals surface area (Å²) in [7, 11) is 1.80. The Hall–Kier alpha value is -1.48. The molecule has 98 valence electrons. The Bertz CT molecular complexity index is 492. The van der Waals surface area contributed by atoms with Crippen molar-refractivity contribution in [3.8, 4) is 10.8 Å². The van der Waals surface area contributed by atoms with Crippen LogP contribution in [-0.4, -0.2) is 21.5 Å². The third kappa shape index (κ3) is 4.80. The third-order valence-corrected chi connectivity index (χ3v) is 2.08. The van der Waals surface area contributed by atoms with Crippen LogP contribution in [0.15, 0.2) is 6.20 Å². The van der Waals surface area contributed by atoms with E-state index in [0.29, 0.717) is 5.69 Å². The molecule has 0 aliphatic heterocycles. The van der Waals surface area contributed by atoms with Crippen molar-refractivity contribution in [3.63, 3.8) is 0 Å². The molecule has 0 fully saturated rings. The fraction of sp³-hybridized carbons (Fsp3) is 0.500. The van der Waals surface area contributed by atoms with Crippen molar-refractivity contribution in [2.45, 2.75) is 32.9 Å². The number of aromatic nitrogens is 2. The summed E-state index contributed by atoms with van der Waals surface area (Å²) in [6.07, 6.45) is 1.33. The van der Waals surface area contributed by atoms with Gasteiger partial charge in [0.1, 0.15) is 5.60 Å². The standard InChI is InChI=1S/C12H16BrN3O2/c1-12(2,3)18-11(17)14-7-10-9(5-6-13)8-16(4)15-10/h8H,7H2,1-4H3,(H,14,17). The molecule has 0 aromatic carbocycles. The topological polar surface area (TPSA) is 56.2 Å². The van der Waals surface area contributed by atoms with Crippen molar-refractivity contribution < 1.29 is 9.53 Å². The first-order chi connectivity index (χ1) is 8.31. The minimum atomic E-state index is -0.507. The lowest BCUT2D eigenvalue weighted by atomic mass is 10.2. The number of carbonyl (C=O) groups is 1. The van der Waals surface area contributed by atoms with Crippen molar-refractivity contribution in [1.82, 2.24) is 15.1 Å². The minimum absolute atomic E-state index is 0.284. The van der Waals surface area contributed by atoms with Crippen LogP contribution in [0.25, 0.3) is 0 Å². The van der Waals surface area contributed by atoms with Gasteiger partial charge in [0.25, 0.3) is 0 Å². The van der Waals surface area contributed by atoms with E-state index in [-0.39, 0.29) is 6.54 Å². The monoisotopic (exact) mass is 313 g/mol. The minimum Gasteiger partial charge on any atom is -0.444 e. The first-order valence-corrected chi connectivity index (χ1v) is 6.22. The molecule has 0 bridgehead atoms. The van der Waals surface area contributed by atoms with Gasteiger partial charge in [0, 0.05) is 29.2 Å². The highest BCUT2D eigenvalue weighted by molar-refractivity contribution is 9.12. The number of hydrogen-bond donors (Lipinski definition) is 1. The molecule has 0 radical (unpaired) electrons. The maximum Gasteiger partial charge on any atom is 0.407 e. The number of aryl methyl sites for hydroxylation is 1. The molecule has 0 aliphatic rings. The van der Waals surface area contributed by atoms with E-state index in [1.54, 1.807) is 17.9 Å². The zero-order valence-electron chi connectivity index (χ0n) is 10.9. The summed E-state index contributed by atoms with van der Waals surface area (Å²) in [5.41, 5.74) is 0.966. The van der Waals surface area contributed by atoms with E-state index < -0.39 is 11.7 Å². The number of carbonyl (C=O) groups excluding carboxylic acids is 1. The van der Waals surface area contributed by atoms with Gasteiger partial charge in [-0.15, -0.1) is 0 Å². The third-order valence-electron chi connectivity index (χ3n) is 1.89. The Kier molecular flexibility index (Phi) is 4.79. The molecule has 1 heterocycles. The molecule has 0 spiro atoms. The molecular weight excluding hydrogens is 298 g/mol. The first kappa shape index (κ1) is 14.6.